The van der Waals surface area contributed by atoms with Gasteiger partial charge in [-0.3, -0.25) is 19.4 Å². The van der Waals surface area contributed by atoms with E-state index in [0.29, 0.717) is 22.8 Å². The number of nitrogens with zero attached hydrogens (tertiary/aromatic N) is 4. The van der Waals surface area contributed by atoms with E-state index in [9.17, 15) is 9.59 Å². The molecule has 2 aliphatic rings. The number of methoxy groups -OCH3 is 1. The number of fused-ring (bicyclic) bond motifs is 1. The highest BCUT2D eigenvalue weighted by Crippen LogP contribution is 2.37. The summed E-state index contributed by atoms with van der Waals surface area (Å²) in [7, 11) is 5.55. The number of carbonyl (C=O) groups is 2. The number of nitrogens with two attached hydrogens (primary N) is 1. The molecule has 44 heavy (non-hydrogen) atoms. The van der Waals surface area contributed by atoms with Crippen molar-refractivity contribution < 1.29 is 14.3 Å². The van der Waals surface area contributed by atoms with Gasteiger partial charge in [0, 0.05) is 45.2 Å². The van der Waals surface area contributed by atoms with Crippen LogP contribution < -0.4 is 15.8 Å². The average Bonchev–Trinajstić information content (AvgIpc) is 3.51. The van der Waals surface area contributed by atoms with Gasteiger partial charge in [-0.05, 0) is 61.2 Å². The predicted octanol–water partition coefficient (Wildman–Crippen LogP) is 5.32. The highest BCUT2D eigenvalue weighted by molar-refractivity contribution is 6.07. The Kier molecular flexibility index (Phi) is 12.8. The number of nitrogen functional groups attached to an aromatic ring is 1. The van der Waals surface area contributed by atoms with Crippen LogP contribution in [0.1, 0.15) is 55.2 Å². The van der Waals surface area contributed by atoms with Gasteiger partial charge in [-0.1, -0.05) is 39.0 Å². The number of likely N-dealkylation sites (tertiary alicyclic amines) is 1. The Balaban J connectivity index is 0.00000225. The minimum atomic E-state index is -0.220. The number of anilines is 2. The van der Waals surface area contributed by atoms with Crippen LogP contribution in [-0.4, -0.2) is 84.0 Å². The summed E-state index contributed by atoms with van der Waals surface area (Å²) in [6.45, 7) is 11.3. The Labute approximate surface area is 279 Å². The smallest absolute Gasteiger partial charge is 0.272 e. The molecule has 1 aromatic heterocycles. The Morgan fingerprint density at radius 2 is 1.68 bits per heavy atom. The quantitative estimate of drug-likeness (QED) is 0.345. The van der Waals surface area contributed by atoms with Crippen LogP contribution in [0.5, 0.6) is 5.75 Å². The van der Waals surface area contributed by atoms with Gasteiger partial charge in [0.15, 0.2) is 5.75 Å². The van der Waals surface area contributed by atoms with E-state index in [4.69, 9.17) is 10.5 Å². The number of benzene rings is 2. The molecule has 3 aromatic rings. The molecule has 244 valence electrons. The van der Waals surface area contributed by atoms with E-state index in [-0.39, 0.29) is 60.5 Å². The summed E-state index contributed by atoms with van der Waals surface area (Å²) >= 11 is 0. The van der Waals surface area contributed by atoms with E-state index in [1.54, 1.807) is 7.11 Å². The molecule has 2 saturated heterocycles. The van der Waals surface area contributed by atoms with Crippen molar-refractivity contribution in [1.82, 2.24) is 19.3 Å². The number of halogens is 3. The molecule has 0 saturated carbocycles. The predicted molar refractivity (Wildman–Crippen MR) is 186 cm³/mol. The molecule has 0 spiro atoms. The number of para-hydroxylation sites is 1. The van der Waals surface area contributed by atoms with Crippen molar-refractivity contribution in [2.45, 2.75) is 51.6 Å². The van der Waals surface area contributed by atoms with E-state index in [1.807, 2.05) is 46.8 Å². The van der Waals surface area contributed by atoms with Crippen LogP contribution in [0.15, 0.2) is 36.4 Å². The first-order valence-corrected chi connectivity index (χ1v) is 14.6. The molecular formula is C32H47Cl3N6O3. The summed E-state index contributed by atoms with van der Waals surface area (Å²) in [5.74, 6) is 0.515. The Bertz CT molecular complexity index is 1460. The van der Waals surface area contributed by atoms with Crippen LogP contribution in [0.25, 0.3) is 10.9 Å². The van der Waals surface area contributed by atoms with Crippen molar-refractivity contribution >= 4 is 71.3 Å². The maximum atomic E-state index is 13.6. The summed E-state index contributed by atoms with van der Waals surface area (Å²) in [6, 6.07) is 12.0. The number of amides is 2. The van der Waals surface area contributed by atoms with Gasteiger partial charge < -0.3 is 25.3 Å². The topological polar surface area (TPSA) is 96.1 Å². The van der Waals surface area contributed by atoms with E-state index < -0.39 is 0 Å². The number of nitrogens with one attached hydrogen (secondary N) is 1. The van der Waals surface area contributed by atoms with Crippen molar-refractivity contribution in [3.05, 3.63) is 53.2 Å². The van der Waals surface area contributed by atoms with Crippen LogP contribution >= 0.6 is 37.2 Å². The molecule has 12 heteroatoms. The number of aryl methyl sites for hydroxylation is 1. The Morgan fingerprint density at radius 3 is 2.27 bits per heavy atom. The summed E-state index contributed by atoms with van der Waals surface area (Å²) in [6.07, 6.45) is 2.06. The maximum absolute atomic E-state index is 13.6. The van der Waals surface area contributed by atoms with Gasteiger partial charge in [-0.2, -0.15) is 0 Å². The summed E-state index contributed by atoms with van der Waals surface area (Å²) in [5.41, 5.74) is 11.0. The van der Waals surface area contributed by atoms with Crippen molar-refractivity contribution in [2.75, 3.05) is 57.9 Å². The van der Waals surface area contributed by atoms with E-state index >= 15 is 0 Å². The SMILES string of the molecule is COc1c(N)cc(C(C)(C)C)cc1NC(=O)c1cc2cccc(CN3CCN(C(=O)[C@@H]4CCCN4C)CC3)c2n1C.Cl.Cl.Cl. The normalized spacial score (nSPS) is 17.4. The molecule has 0 aliphatic carbocycles. The molecule has 0 unspecified atom stereocenters. The van der Waals surface area contributed by atoms with Crippen LogP contribution in [0.3, 0.4) is 0 Å². The number of carbonyl (C=O) groups excluding carboxylic acids is 2. The van der Waals surface area contributed by atoms with Crippen molar-refractivity contribution in [1.29, 1.82) is 0 Å². The van der Waals surface area contributed by atoms with Crippen LogP contribution in [0.4, 0.5) is 11.4 Å². The second-order valence-electron chi connectivity index (χ2n) is 12.5. The number of likely N-dealkylation sites (N-methyl/N-ethyl adjacent to an activating group) is 1. The van der Waals surface area contributed by atoms with E-state index in [0.717, 1.165) is 74.1 Å². The van der Waals surface area contributed by atoms with Gasteiger partial charge in [0.05, 0.1) is 30.0 Å². The van der Waals surface area contributed by atoms with Gasteiger partial charge in [-0.25, -0.2) is 0 Å². The van der Waals surface area contributed by atoms with Crippen LogP contribution in [-0.2, 0) is 23.8 Å². The van der Waals surface area contributed by atoms with E-state index in [1.165, 1.54) is 0 Å². The number of aromatic nitrogens is 1. The first-order chi connectivity index (χ1) is 19.5. The zero-order chi connectivity index (χ0) is 29.5. The molecule has 0 radical (unpaired) electrons. The van der Waals surface area contributed by atoms with E-state index in [2.05, 4.69) is 49.0 Å². The number of piperazine rings is 1. The zero-order valence-electron chi connectivity index (χ0n) is 26.5. The molecule has 0 bridgehead atoms. The Morgan fingerprint density at radius 1 is 1.00 bits per heavy atom. The Hall–Kier alpha value is -2.69. The fraction of sp³-hybridized carbons (Fsp3) is 0.500. The fourth-order valence-electron chi connectivity index (χ4n) is 6.24. The molecule has 5 rings (SSSR count). The largest absolute Gasteiger partial charge is 0.492 e. The molecular weight excluding hydrogens is 623 g/mol. The zero-order valence-corrected chi connectivity index (χ0v) is 29.0. The summed E-state index contributed by atoms with van der Waals surface area (Å²) in [5, 5.41) is 4.08. The molecule has 2 aromatic carbocycles. The lowest BCUT2D eigenvalue weighted by Crippen LogP contribution is -2.52. The monoisotopic (exact) mass is 668 g/mol. The van der Waals surface area contributed by atoms with Crippen molar-refractivity contribution in [2.24, 2.45) is 7.05 Å². The first kappa shape index (κ1) is 37.5. The third-order valence-corrected chi connectivity index (χ3v) is 8.69. The van der Waals surface area contributed by atoms with Gasteiger partial charge >= 0.3 is 0 Å². The third kappa shape index (κ3) is 7.57. The van der Waals surface area contributed by atoms with Crippen LogP contribution in [0, 0.1) is 0 Å². The highest BCUT2D eigenvalue weighted by atomic mass is 35.5. The molecule has 2 fully saturated rings. The molecule has 1 atom stereocenters. The average molecular weight is 670 g/mol. The second-order valence-corrected chi connectivity index (χ2v) is 12.5. The lowest BCUT2D eigenvalue weighted by atomic mass is 9.86. The summed E-state index contributed by atoms with van der Waals surface area (Å²) < 4.78 is 7.52. The maximum Gasteiger partial charge on any atom is 0.272 e. The molecule has 3 heterocycles. The second kappa shape index (κ2) is 15.1. The molecule has 9 nitrogen and oxygen atoms in total. The molecule has 2 amide bonds. The molecule has 3 N–H and O–H groups in total. The number of hydrogen-bond acceptors (Lipinski definition) is 6. The minimum absolute atomic E-state index is 0. The minimum Gasteiger partial charge on any atom is -0.492 e. The summed E-state index contributed by atoms with van der Waals surface area (Å²) in [4.78, 5) is 33.2. The van der Waals surface area contributed by atoms with Crippen LogP contribution in [0.2, 0.25) is 0 Å². The number of ether oxygens (including phenoxy) is 1. The first-order valence-electron chi connectivity index (χ1n) is 14.6. The standard InChI is InChI=1S/C32H44N6O3.3ClH/c1-32(2,3)23-18-24(33)29(41-6)25(19-23)34-30(39)27-17-21-9-7-10-22(28(21)36(27)5)20-37-13-15-38(16-14-37)31(40)26-11-8-12-35(26)4;;;/h7,9-10,17-19,26H,8,11-16,20,33H2,1-6H3,(H,34,39);3*1H/t26-;;;/m0.../s1. The van der Waals surface area contributed by atoms with Crippen molar-refractivity contribution in [3.63, 3.8) is 0 Å². The van der Waals surface area contributed by atoms with Gasteiger partial charge in [0.1, 0.15) is 5.69 Å². The third-order valence-electron chi connectivity index (χ3n) is 8.69. The fourth-order valence-corrected chi connectivity index (χ4v) is 6.24. The van der Waals surface area contributed by atoms with Gasteiger partial charge in [0.25, 0.3) is 5.91 Å². The number of rotatable bonds is 6. The van der Waals surface area contributed by atoms with Gasteiger partial charge in [0.2, 0.25) is 5.91 Å². The molecule has 2 aliphatic heterocycles. The number of hydrogen-bond donors (Lipinski definition) is 2. The highest BCUT2D eigenvalue weighted by Gasteiger charge is 2.33. The lowest BCUT2D eigenvalue weighted by Gasteiger charge is -2.37. The van der Waals surface area contributed by atoms with Crippen molar-refractivity contribution in [3.8, 4) is 5.75 Å². The lowest BCUT2D eigenvalue weighted by molar-refractivity contribution is -0.137. The van der Waals surface area contributed by atoms with Gasteiger partial charge in [-0.15, -0.1) is 37.2 Å².